The molecular formula is C56H109NO5. The molecule has 0 spiro atoms. The van der Waals surface area contributed by atoms with Gasteiger partial charge in [-0.05, 0) is 51.4 Å². The molecule has 0 aromatic carbocycles. The average molecular weight is 876 g/mol. The van der Waals surface area contributed by atoms with E-state index in [1.807, 2.05) is 0 Å². The minimum Gasteiger partial charge on any atom is -0.394 e. The van der Waals surface area contributed by atoms with E-state index in [1.54, 1.807) is 0 Å². The molecule has 0 saturated carbocycles. The lowest BCUT2D eigenvalue weighted by molar-refractivity contribution is -0.132. The Hall–Kier alpha value is -1.21. The second-order valence-corrected chi connectivity index (χ2v) is 19.3. The lowest BCUT2D eigenvalue weighted by Crippen LogP contribution is -2.53. The molecular weight excluding hydrogens is 767 g/mol. The second-order valence-electron chi connectivity index (χ2n) is 19.3. The van der Waals surface area contributed by atoms with Crippen LogP contribution in [0.3, 0.4) is 0 Å². The zero-order valence-corrected chi connectivity index (χ0v) is 41.6. The summed E-state index contributed by atoms with van der Waals surface area (Å²) in [6.07, 6.45) is 61.0. The van der Waals surface area contributed by atoms with Crippen LogP contribution in [-0.4, -0.2) is 57.3 Å². The number of allylic oxidation sites excluding steroid dienone is 4. The van der Waals surface area contributed by atoms with E-state index in [2.05, 4.69) is 43.5 Å². The van der Waals surface area contributed by atoms with Crippen molar-refractivity contribution in [3.8, 4) is 0 Å². The van der Waals surface area contributed by atoms with Crippen LogP contribution in [0, 0.1) is 0 Å². The molecule has 0 rings (SSSR count). The summed E-state index contributed by atoms with van der Waals surface area (Å²) < 4.78 is 0. The molecule has 0 aliphatic heterocycles. The fraction of sp³-hybridized carbons (Fsp3) is 0.911. The van der Waals surface area contributed by atoms with Crippen LogP contribution in [0.15, 0.2) is 24.3 Å². The monoisotopic (exact) mass is 876 g/mol. The Morgan fingerprint density at radius 1 is 0.387 bits per heavy atom. The van der Waals surface area contributed by atoms with Crippen molar-refractivity contribution in [1.82, 2.24) is 5.32 Å². The van der Waals surface area contributed by atoms with Gasteiger partial charge in [0, 0.05) is 0 Å². The van der Waals surface area contributed by atoms with E-state index >= 15 is 0 Å². The Kier molecular flexibility index (Phi) is 49.8. The number of nitrogens with one attached hydrogen (secondary N) is 1. The normalized spacial score (nSPS) is 14.0. The maximum Gasteiger partial charge on any atom is 0.249 e. The van der Waals surface area contributed by atoms with Crippen LogP contribution in [0.1, 0.15) is 296 Å². The van der Waals surface area contributed by atoms with E-state index < -0.39 is 36.9 Å². The van der Waals surface area contributed by atoms with Gasteiger partial charge in [0.25, 0.3) is 0 Å². The predicted octanol–water partition coefficient (Wildman–Crippen LogP) is 15.9. The number of hydrogen-bond donors (Lipinski definition) is 5. The van der Waals surface area contributed by atoms with Crippen LogP contribution < -0.4 is 5.32 Å². The van der Waals surface area contributed by atoms with Gasteiger partial charge in [-0.3, -0.25) is 4.79 Å². The third kappa shape index (κ3) is 44.0. The maximum absolute atomic E-state index is 12.6. The number of aliphatic hydroxyl groups is 4. The quantitative estimate of drug-likeness (QED) is 0.0309. The van der Waals surface area contributed by atoms with E-state index in [0.29, 0.717) is 19.3 Å². The van der Waals surface area contributed by atoms with E-state index in [0.717, 1.165) is 38.5 Å². The summed E-state index contributed by atoms with van der Waals surface area (Å²) in [4.78, 5) is 12.6. The molecule has 0 aliphatic rings. The number of carbonyl (C=O) groups excluding carboxylic acids is 1. The van der Waals surface area contributed by atoms with Crippen LogP contribution in [0.2, 0.25) is 0 Å². The van der Waals surface area contributed by atoms with Crippen molar-refractivity contribution < 1.29 is 25.2 Å². The van der Waals surface area contributed by atoms with Crippen LogP contribution in [0.5, 0.6) is 0 Å². The predicted molar refractivity (Wildman–Crippen MR) is 270 cm³/mol. The van der Waals surface area contributed by atoms with Crippen molar-refractivity contribution >= 4 is 5.91 Å². The molecule has 0 aromatic heterocycles. The SMILES string of the molecule is CCCCCCCCCCCC/C=C/CC/C=C/CCCC(O)C(O)C(CO)NC(=O)C(O)CCCCCCCCCCCCCCCCCCCCCCCCCCCCC. The summed E-state index contributed by atoms with van der Waals surface area (Å²) in [5, 5.41) is 43.9. The standard InChI is InChI=1S/C56H109NO5/c1-3-5-7-9-11-13-15-17-19-21-23-24-25-26-27-28-29-30-32-34-36-38-40-42-44-46-48-50-54(60)56(62)57-52(51-58)55(61)53(59)49-47-45-43-41-39-37-35-33-31-22-20-18-16-14-12-10-8-6-4-2/h33,35,41,43,52-55,58-61H,3-32,34,36-40,42,44-51H2,1-2H3,(H,57,62)/b35-33+,43-41+. The Bertz CT molecular complexity index is 939. The Labute approximate surface area is 386 Å². The number of carbonyl (C=O) groups is 1. The first kappa shape index (κ1) is 60.8. The maximum atomic E-state index is 12.6. The number of aliphatic hydroxyl groups excluding tert-OH is 4. The van der Waals surface area contributed by atoms with Gasteiger partial charge in [-0.2, -0.15) is 0 Å². The van der Waals surface area contributed by atoms with Gasteiger partial charge in [-0.1, -0.05) is 269 Å². The van der Waals surface area contributed by atoms with Gasteiger partial charge < -0.3 is 25.7 Å². The van der Waals surface area contributed by atoms with Gasteiger partial charge in [0.1, 0.15) is 12.2 Å². The molecule has 4 unspecified atom stereocenters. The molecule has 0 saturated heterocycles. The minimum absolute atomic E-state index is 0.365. The summed E-state index contributed by atoms with van der Waals surface area (Å²) in [5.41, 5.74) is 0. The van der Waals surface area contributed by atoms with Crippen molar-refractivity contribution in [2.24, 2.45) is 0 Å². The number of unbranched alkanes of at least 4 members (excludes halogenated alkanes) is 38. The molecule has 6 nitrogen and oxygen atoms in total. The Balaban J connectivity index is 3.64. The molecule has 0 bridgehead atoms. The van der Waals surface area contributed by atoms with Gasteiger partial charge >= 0.3 is 0 Å². The lowest BCUT2D eigenvalue weighted by atomic mass is 10.00. The lowest BCUT2D eigenvalue weighted by Gasteiger charge is -2.27. The molecule has 5 N–H and O–H groups in total. The fourth-order valence-corrected chi connectivity index (χ4v) is 8.78. The van der Waals surface area contributed by atoms with Crippen LogP contribution in [0.4, 0.5) is 0 Å². The summed E-state index contributed by atoms with van der Waals surface area (Å²) in [5.74, 6) is -0.592. The number of amides is 1. The second kappa shape index (κ2) is 50.8. The Morgan fingerprint density at radius 2 is 0.677 bits per heavy atom. The summed E-state index contributed by atoms with van der Waals surface area (Å²) in [6, 6.07) is -1.01. The smallest absolute Gasteiger partial charge is 0.249 e. The molecule has 0 fully saturated rings. The van der Waals surface area contributed by atoms with Crippen molar-refractivity contribution in [2.75, 3.05) is 6.61 Å². The minimum atomic E-state index is -1.29. The van der Waals surface area contributed by atoms with Crippen molar-refractivity contribution in [2.45, 2.75) is 321 Å². The van der Waals surface area contributed by atoms with Gasteiger partial charge in [0.15, 0.2) is 0 Å². The van der Waals surface area contributed by atoms with E-state index in [9.17, 15) is 25.2 Å². The molecule has 62 heavy (non-hydrogen) atoms. The molecule has 6 heteroatoms. The van der Waals surface area contributed by atoms with Crippen molar-refractivity contribution in [1.29, 1.82) is 0 Å². The number of rotatable bonds is 51. The zero-order chi connectivity index (χ0) is 45.2. The highest BCUT2D eigenvalue weighted by Crippen LogP contribution is 2.18. The fourth-order valence-electron chi connectivity index (χ4n) is 8.78. The van der Waals surface area contributed by atoms with E-state index in [4.69, 9.17) is 0 Å². The van der Waals surface area contributed by atoms with Crippen molar-refractivity contribution in [3.05, 3.63) is 24.3 Å². The summed E-state index contributed by atoms with van der Waals surface area (Å²) in [6.45, 7) is 4.07. The third-order valence-corrected chi connectivity index (χ3v) is 13.1. The molecule has 0 heterocycles. The highest BCUT2D eigenvalue weighted by atomic mass is 16.3. The van der Waals surface area contributed by atoms with Gasteiger partial charge in [0.2, 0.25) is 5.91 Å². The van der Waals surface area contributed by atoms with Crippen LogP contribution in [-0.2, 0) is 4.79 Å². The summed E-state index contributed by atoms with van der Waals surface area (Å²) >= 11 is 0. The molecule has 0 aliphatic carbocycles. The molecule has 0 radical (unpaired) electrons. The van der Waals surface area contributed by atoms with Gasteiger partial charge in [0.05, 0.1) is 18.8 Å². The highest BCUT2D eigenvalue weighted by molar-refractivity contribution is 5.80. The van der Waals surface area contributed by atoms with E-state index in [1.165, 1.54) is 225 Å². The Morgan fingerprint density at radius 3 is 1.02 bits per heavy atom. The zero-order valence-electron chi connectivity index (χ0n) is 41.6. The average Bonchev–Trinajstić information content (AvgIpc) is 3.28. The van der Waals surface area contributed by atoms with Crippen LogP contribution in [0.25, 0.3) is 0 Å². The molecule has 0 aromatic rings. The third-order valence-electron chi connectivity index (χ3n) is 13.1. The first-order valence-corrected chi connectivity index (χ1v) is 27.7. The van der Waals surface area contributed by atoms with Gasteiger partial charge in [-0.15, -0.1) is 0 Å². The molecule has 1 amide bonds. The summed E-state index contributed by atoms with van der Waals surface area (Å²) in [7, 11) is 0. The van der Waals surface area contributed by atoms with E-state index in [-0.39, 0.29) is 0 Å². The van der Waals surface area contributed by atoms with Gasteiger partial charge in [-0.25, -0.2) is 0 Å². The topological polar surface area (TPSA) is 110 Å². The number of hydrogen-bond acceptors (Lipinski definition) is 5. The van der Waals surface area contributed by atoms with Crippen molar-refractivity contribution in [3.63, 3.8) is 0 Å². The van der Waals surface area contributed by atoms with Crippen LogP contribution >= 0.6 is 0 Å². The first-order chi connectivity index (χ1) is 30.5. The molecule has 4 atom stereocenters. The first-order valence-electron chi connectivity index (χ1n) is 27.7. The molecule has 368 valence electrons. The largest absolute Gasteiger partial charge is 0.394 e. The highest BCUT2D eigenvalue weighted by Gasteiger charge is 2.28.